The van der Waals surface area contributed by atoms with E-state index in [9.17, 15) is 15.8 Å². The van der Waals surface area contributed by atoms with E-state index >= 15 is 0 Å². The van der Waals surface area contributed by atoms with Gasteiger partial charge in [0.2, 0.25) is 0 Å². The number of fused-ring (bicyclic) bond motifs is 6. The quantitative estimate of drug-likeness (QED) is 0.243. The zero-order valence-electron chi connectivity index (χ0n) is 33.6. The maximum atomic E-state index is 10.4. The summed E-state index contributed by atoms with van der Waals surface area (Å²) in [7, 11) is 0. The van der Waals surface area contributed by atoms with Crippen molar-refractivity contribution in [2.75, 3.05) is 4.90 Å². The summed E-state index contributed by atoms with van der Waals surface area (Å²) in [5, 5.41) is 30.6. The van der Waals surface area contributed by atoms with Crippen LogP contribution in [-0.4, -0.2) is 10.6 Å². The molecule has 0 amide bonds. The van der Waals surface area contributed by atoms with Crippen LogP contribution in [0, 0.1) is 63.6 Å². The molecule has 1 aromatic heterocycles. The molecular formula is C52H55N5. The Morgan fingerprint density at radius 3 is 2.33 bits per heavy atom. The molecule has 0 N–H and O–H groups in total. The number of para-hydroxylation sites is 1. The van der Waals surface area contributed by atoms with E-state index in [4.69, 9.17) is 0 Å². The Balaban J connectivity index is 1.19. The first-order valence-electron chi connectivity index (χ1n) is 22.3. The lowest BCUT2D eigenvalue weighted by Crippen LogP contribution is -2.32. The van der Waals surface area contributed by atoms with Gasteiger partial charge in [0.05, 0.1) is 30.0 Å². The van der Waals surface area contributed by atoms with E-state index in [2.05, 4.69) is 101 Å². The highest BCUT2D eigenvalue weighted by Gasteiger charge is 2.41. The van der Waals surface area contributed by atoms with E-state index in [0.29, 0.717) is 29.7 Å². The summed E-state index contributed by atoms with van der Waals surface area (Å²) in [5.41, 5.74) is 17.6. The van der Waals surface area contributed by atoms with Crippen molar-refractivity contribution in [3.8, 4) is 23.9 Å². The lowest BCUT2D eigenvalue weighted by molar-refractivity contribution is 0.375. The zero-order chi connectivity index (χ0) is 38.6. The Bertz CT molecular complexity index is 2360. The number of hydrogen-bond acceptors (Lipinski definition) is 4. The van der Waals surface area contributed by atoms with Crippen LogP contribution < -0.4 is 4.90 Å². The van der Waals surface area contributed by atoms with Crippen molar-refractivity contribution in [1.29, 1.82) is 15.8 Å². The Kier molecular flexibility index (Phi) is 9.58. The van der Waals surface area contributed by atoms with Crippen LogP contribution in [0.15, 0.2) is 77.4 Å². The van der Waals surface area contributed by atoms with Gasteiger partial charge in [-0.25, -0.2) is 0 Å². The highest BCUT2D eigenvalue weighted by molar-refractivity contribution is 5.81. The summed E-state index contributed by atoms with van der Waals surface area (Å²) >= 11 is 0. The molecule has 5 nitrogen and oxygen atoms in total. The highest BCUT2D eigenvalue weighted by Crippen LogP contribution is 2.53. The van der Waals surface area contributed by atoms with Crippen molar-refractivity contribution >= 4 is 23.0 Å². The Hall–Kier alpha value is -5.05. The van der Waals surface area contributed by atoms with Crippen molar-refractivity contribution in [3.63, 3.8) is 0 Å². The largest absolute Gasteiger partial charge is 0.337 e. The number of nitrogens with zero attached hydrogens (tertiary/aromatic N) is 5. The number of rotatable bonds is 5. The second kappa shape index (κ2) is 15.0. The van der Waals surface area contributed by atoms with Crippen molar-refractivity contribution in [2.45, 2.75) is 128 Å². The molecule has 10 rings (SSSR count). The summed E-state index contributed by atoms with van der Waals surface area (Å²) < 4.78 is 2.55. The van der Waals surface area contributed by atoms with E-state index < -0.39 is 0 Å². The molecule has 3 aromatic rings. The number of allylic oxidation sites excluding steroid dienone is 7. The number of aromatic nitrogens is 1. The van der Waals surface area contributed by atoms with E-state index in [0.717, 1.165) is 69.8 Å². The second-order valence-electron chi connectivity index (χ2n) is 18.3. The summed E-state index contributed by atoms with van der Waals surface area (Å²) in [5.74, 6) is 1.63. The van der Waals surface area contributed by atoms with Crippen LogP contribution in [0.3, 0.4) is 0 Å². The number of benzene rings is 2. The minimum absolute atomic E-state index is 0.0198. The molecule has 7 aliphatic rings. The van der Waals surface area contributed by atoms with Gasteiger partial charge >= 0.3 is 0 Å². The van der Waals surface area contributed by atoms with Gasteiger partial charge in [-0.2, -0.15) is 15.8 Å². The summed E-state index contributed by atoms with van der Waals surface area (Å²) in [6.07, 6.45) is 27.5. The molecule has 288 valence electrons. The predicted molar refractivity (Wildman–Crippen MR) is 229 cm³/mol. The maximum Gasteiger partial charge on any atom is 0.0949 e. The molecule has 1 fully saturated rings. The standard InChI is InChI=1S/C52H55N5/c1-33-11-10-18-43(48(33)32-55)42-15-5-4-14-41(42)40-13-3-2-12-39(40)36-27-37(56-49-19-8-6-16-44(49)45-17-7-9-20-50(45)56)29-38(28-36)57-51-23-21-34(30-53)25-46(51)47-26-35(31-54)22-24-52(47)57/h4-6,8,16,19,21,23,27-29,33-35,41-42,45,50H,2-3,7,9-15,17-18,20,22,24-26H2,1H3. The first kappa shape index (κ1) is 36.3. The fourth-order valence-electron chi connectivity index (χ4n) is 12.7. The normalized spacial score (nSPS) is 29.2. The first-order valence-corrected chi connectivity index (χ1v) is 22.3. The highest BCUT2D eigenvalue weighted by atomic mass is 15.2. The zero-order valence-corrected chi connectivity index (χ0v) is 33.6. The molecule has 5 heteroatoms. The van der Waals surface area contributed by atoms with Gasteiger partial charge in [-0.05, 0) is 172 Å². The Morgan fingerprint density at radius 2 is 1.49 bits per heavy atom. The molecule has 7 atom stereocenters. The van der Waals surface area contributed by atoms with Crippen LogP contribution >= 0.6 is 0 Å². The molecule has 1 aliphatic heterocycles. The smallest absolute Gasteiger partial charge is 0.0949 e. The minimum atomic E-state index is -0.137. The van der Waals surface area contributed by atoms with Gasteiger partial charge in [0.15, 0.2) is 0 Å². The van der Waals surface area contributed by atoms with Gasteiger partial charge in [-0.15, -0.1) is 0 Å². The average Bonchev–Trinajstić information content (AvgIpc) is 3.78. The summed E-state index contributed by atoms with van der Waals surface area (Å²) in [6.45, 7) is 2.27. The van der Waals surface area contributed by atoms with Gasteiger partial charge < -0.3 is 9.47 Å². The first-order chi connectivity index (χ1) is 28.1. The molecular weight excluding hydrogens is 695 g/mol. The average molecular weight is 750 g/mol. The summed E-state index contributed by atoms with van der Waals surface area (Å²) in [4.78, 5) is 2.73. The van der Waals surface area contributed by atoms with Gasteiger partial charge in [0.25, 0.3) is 0 Å². The fraction of sp³-hybridized carbons (Fsp3) is 0.481. The van der Waals surface area contributed by atoms with Gasteiger partial charge in [0, 0.05) is 46.0 Å². The molecule has 0 saturated heterocycles. The Labute approximate surface area is 339 Å². The molecule has 2 aromatic carbocycles. The van der Waals surface area contributed by atoms with Gasteiger partial charge in [-0.3, -0.25) is 0 Å². The van der Waals surface area contributed by atoms with Crippen molar-refractivity contribution in [1.82, 2.24) is 4.57 Å². The summed E-state index contributed by atoms with van der Waals surface area (Å²) in [6, 6.07) is 25.1. The van der Waals surface area contributed by atoms with Crippen LogP contribution in [0.4, 0.5) is 11.4 Å². The molecule has 0 radical (unpaired) electrons. The molecule has 7 unspecified atom stereocenters. The Morgan fingerprint density at radius 1 is 0.702 bits per heavy atom. The van der Waals surface area contributed by atoms with Gasteiger partial charge in [0.1, 0.15) is 0 Å². The number of anilines is 2. The van der Waals surface area contributed by atoms with Crippen molar-refractivity contribution in [2.24, 2.45) is 29.6 Å². The van der Waals surface area contributed by atoms with E-state index in [1.165, 1.54) is 101 Å². The van der Waals surface area contributed by atoms with E-state index in [1.807, 2.05) is 0 Å². The molecule has 2 heterocycles. The molecule has 6 aliphatic carbocycles. The van der Waals surface area contributed by atoms with Crippen molar-refractivity contribution < 1.29 is 0 Å². The lowest BCUT2D eigenvalue weighted by atomic mass is 9.66. The minimum Gasteiger partial charge on any atom is -0.337 e. The second-order valence-corrected chi connectivity index (χ2v) is 18.3. The maximum absolute atomic E-state index is 10.4. The van der Waals surface area contributed by atoms with Gasteiger partial charge in [-0.1, -0.05) is 67.3 Å². The van der Waals surface area contributed by atoms with Crippen LogP contribution in [0.1, 0.15) is 136 Å². The van der Waals surface area contributed by atoms with Crippen LogP contribution in [0.5, 0.6) is 0 Å². The molecule has 57 heavy (non-hydrogen) atoms. The molecule has 1 saturated carbocycles. The third-order valence-corrected chi connectivity index (χ3v) is 15.3. The van der Waals surface area contributed by atoms with Crippen LogP contribution in [-0.2, 0) is 19.3 Å². The van der Waals surface area contributed by atoms with Crippen LogP contribution in [0.25, 0.3) is 17.3 Å². The van der Waals surface area contributed by atoms with Crippen LogP contribution in [0.2, 0.25) is 0 Å². The predicted octanol–water partition coefficient (Wildman–Crippen LogP) is 12.5. The SMILES string of the molecule is CC1CCCC(C2CC=CCC2C2=C(c3cc(N4c5ccccc5C5CCCCC54)cc(-n4c5c(c6c4CCC(C#N)C6)CC(C#N)C=C5)c3)CCCC2)=C1C#N. The third kappa shape index (κ3) is 6.14. The van der Waals surface area contributed by atoms with E-state index in [1.54, 1.807) is 11.1 Å². The monoisotopic (exact) mass is 749 g/mol. The van der Waals surface area contributed by atoms with E-state index in [-0.39, 0.29) is 11.8 Å². The topological polar surface area (TPSA) is 79.5 Å². The lowest BCUT2D eigenvalue weighted by Gasteiger charge is -2.38. The third-order valence-electron chi connectivity index (χ3n) is 15.3. The number of hydrogen-bond donors (Lipinski definition) is 0. The fourth-order valence-corrected chi connectivity index (χ4v) is 12.7. The van der Waals surface area contributed by atoms with Crippen molar-refractivity contribution in [3.05, 3.63) is 111 Å². The number of nitriles is 3. The molecule has 0 bridgehead atoms. The molecule has 0 spiro atoms.